The van der Waals surface area contributed by atoms with Gasteiger partial charge in [0.25, 0.3) is 0 Å². The van der Waals surface area contributed by atoms with E-state index in [9.17, 15) is 5.11 Å². The predicted octanol–water partition coefficient (Wildman–Crippen LogP) is -0.121. The van der Waals surface area contributed by atoms with Crippen LogP contribution in [-0.2, 0) is 0 Å². The van der Waals surface area contributed by atoms with E-state index in [1.165, 1.54) is 19.3 Å². The predicted molar refractivity (Wildman–Crippen MR) is 35.1 cm³/mol. The van der Waals surface area contributed by atoms with Gasteiger partial charge in [-0.05, 0) is 19.4 Å². The first-order valence-electron chi connectivity index (χ1n) is 3.75. The Balaban J connectivity index is 2.08. The van der Waals surface area contributed by atoms with Crippen molar-refractivity contribution in [3.05, 3.63) is 0 Å². The van der Waals surface area contributed by atoms with Crippen LogP contribution in [0.4, 0.5) is 0 Å². The van der Waals surface area contributed by atoms with Crippen LogP contribution in [0, 0.1) is 0 Å². The summed E-state index contributed by atoms with van der Waals surface area (Å²) >= 11 is 0. The Morgan fingerprint density at radius 2 is 2.33 bits per heavy atom. The van der Waals surface area contributed by atoms with Crippen LogP contribution in [-0.4, -0.2) is 19.2 Å². The average molecular weight is 128 g/mol. The quantitative estimate of drug-likeness (QED) is 0.562. The van der Waals surface area contributed by atoms with E-state index in [4.69, 9.17) is 0 Å². The monoisotopic (exact) mass is 128 g/mol. The Morgan fingerprint density at radius 1 is 1.44 bits per heavy atom. The molecule has 0 radical (unpaired) electrons. The Morgan fingerprint density at radius 3 is 2.89 bits per heavy atom. The van der Waals surface area contributed by atoms with Crippen molar-refractivity contribution in [3.8, 4) is 0 Å². The fraction of sp³-hybridized carbons (Fsp3) is 1.00. The van der Waals surface area contributed by atoms with Gasteiger partial charge in [0.1, 0.15) is 0 Å². The largest absolute Gasteiger partial charge is 0.854 e. The molecule has 1 heterocycles. The van der Waals surface area contributed by atoms with Crippen molar-refractivity contribution >= 4 is 0 Å². The van der Waals surface area contributed by atoms with Gasteiger partial charge in [0, 0.05) is 6.04 Å². The second-order valence-electron chi connectivity index (χ2n) is 2.64. The van der Waals surface area contributed by atoms with E-state index >= 15 is 0 Å². The van der Waals surface area contributed by atoms with Crippen molar-refractivity contribution in [2.45, 2.75) is 31.7 Å². The molecule has 0 saturated carbocycles. The van der Waals surface area contributed by atoms with Gasteiger partial charge in [-0.1, -0.05) is 12.8 Å². The van der Waals surface area contributed by atoms with Gasteiger partial charge >= 0.3 is 0 Å². The number of nitrogens with one attached hydrogen (secondary N) is 1. The van der Waals surface area contributed by atoms with E-state index in [-0.39, 0.29) is 6.61 Å². The van der Waals surface area contributed by atoms with Crippen LogP contribution in [0.1, 0.15) is 25.7 Å². The molecule has 0 aromatic carbocycles. The van der Waals surface area contributed by atoms with E-state index in [1.807, 2.05) is 0 Å². The SMILES string of the molecule is [O-]CCC1CCCCN1. The number of rotatable bonds is 2. The summed E-state index contributed by atoms with van der Waals surface area (Å²) in [6.07, 6.45) is 4.62. The van der Waals surface area contributed by atoms with Gasteiger partial charge in [0.2, 0.25) is 0 Å². The molecule has 1 saturated heterocycles. The molecule has 0 spiro atoms. The lowest BCUT2D eigenvalue weighted by Gasteiger charge is -2.24. The number of piperidine rings is 1. The summed E-state index contributed by atoms with van der Waals surface area (Å²) in [5.41, 5.74) is 0. The van der Waals surface area contributed by atoms with Crippen molar-refractivity contribution in [2.24, 2.45) is 0 Å². The zero-order valence-corrected chi connectivity index (χ0v) is 5.73. The van der Waals surface area contributed by atoms with Crippen molar-refractivity contribution in [1.82, 2.24) is 5.32 Å². The molecule has 0 aromatic heterocycles. The standard InChI is InChI=1S/C7H14NO/c9-6-4-7-3-1-2-5-8-7/h7-8H,1-6H2/q-1. The maximum Gasteiger partial charge on any atom is 0.00542 e. The fourth-order valence-electron chi connectivity index (χ4n) is 1.31. The molecule has 9 heavy (non-hydrogen) atoms. The topological polar surface area (TPSA) is 35.1 Å². The van der Waals surface area contributed by atoms with Gasteiger partial charge in [0.05, 0.1) is 0 Å². The Kier molecular flexibility index (Phi) is 3.01. The molecule has 1 N–H and O–H groups in total. The van der Waals surface area contributed by atoms with Gasteiger partial charge in [-0.3, -0.25) is 0 Å². The highest BCUT2D eigenvalue weighted by Gasteiger charge is 2.08. The van der Waals surface area contributed by atoms with Crippen LogP contribution in [0.2, 0.25) is 0 Å². The van der Waals surface area contributed by atoms with Crippen LogP contribution >= 0.6 is 0 Å². The number of hydrogen-bond donors (Lipinski definition) is 1. The van der Waals surface area contributed by atoms with Crippen LogP contribution in [0.25, 0.3) is 0 Å². The van der Waals surface area contributed by atoms with Crippen molar-refractivity contribution in [3.63, 3.8) is 0 Å². The molecule has 0 aliphatic carbocycles. The highest BCUT2D eigenvalue weighted by molar-refractivity contribution is 4.70. The van der Waals surface area contributed by atoms with Crippen molar-refractivity contribution in [2.75, 3.05) is 13.2 Å². The molecule has 0 amide bonds. The minimum atomic E-state index is 0.0810. The zero-order chi connectivity index (χ0) is 6.53. The molecule has 1 atom stereocenters. The van der Waals surface area contributed by atoms with E-state index in [0.717, 1.165) is 13.0 Å². The second kappa shape index (κ2) is 3.85. The first-order chi connectivity index (χ1) is 4.43. The Labute approximate surface area is 56.3 Å². The van der Waals surface area contributed by atoms with Gasteiger partial charge in [-0.25, -0.2) is 0 Å². The maximum absolute atomic E-state index is 10.2. The maximum atomic E-state index is 10.2. The summed E-state index contributed by atoms with van der Waals surface area (Å²) in [5.74, 6) is 0. The normalized spacial score (nSPS) is 28.3. The summed E-state index contributed by atoms with van der Waals surface area (Å²) in [6.45, 7) is 1.20. The molecular formula is C7H14NO-. The lowest BCUT2D eigenvalue weighted by molar-refractivity contribution is -0.369. The summed E-state index contributed by atoms with van der Waals surface area (Å²) in [7, 11) is 0. The third kappa shape index (κ3) is 2.33. The van der Waals surface area contributed by atoms with Crippen LogP contribution < -0.4 is 10.4 Å². The average Bonchev–Trinajstić information content (AvgIpc) is 1.91. The molecular weight excluding hydrogens is 114 g/mol. The van der Waals surface area contributed by atoms with Crippen LogP contribution in [0.15, 0.2) is 0 Å². The second-order valence-corrected chi connectivity index (χ2v) is 2.64. The lowest BCUT2D eigenvalue weighted by Crippen LogP contribution is -2.35. The van der Waals surface area contributed by atoms with Crippen LogP contribution in [0.3, 0.4) is 0 Å². The summed E-state index contributed by atoms with van der Waals surface area (Å²) in [4.78, 5) is 0. The fourth-order valence-corrected chi connectivity index (χ4v) is 1.31. The highest BCUT2D eigenvalue weighted by atomic mass is 16.3. The van der Waals surface area contributed by atoms with Gasteiger partial charge in [0.15, 0.2) is 0 Å². The molecule has 1 aliphatic rings. The Bertz CT molecular complexity index is 66.6. The molecule has 0 bridgehead atoms. The lowest BCUT2D eigenvalue weighted by atomic mass is 10.0. The molecule has 2 heteroatoms. The summed E-state index contributed by atoms with van der Waals surface area (Å²) < 4.78 is 0. The highest BCUT2D eigenvalue weighted by Crippen LogP contribution is 2.08. The molecule has 1 aliphatic heterocycles. The first-order valence-corrected chi connectivity index (χ1v) is 3.75. The third-order valence-corrected chi connectivity index (χ3v) is 1.88. The molecule has 54 valence electrons. The minimum Gasteiger partial charge on any atom is -0.854 e. The summed E-state index contributed by atoms with van der Waals surface area (Å²) in [5, 5.41) is 13.5. The molecule has 0 aromatic rings. The summed E-state index contributed by atoms with van der Waals surface area (Å²) in [6, 6.07) is 0.538. The third-order valence-electron chi connectivity index (χ3n) is 1.88. The van der Waals surface area contributed by atoms with Crippen molar-refractivity contribution in [1.29, 1.82) is 0 Å². The van der Waals surface area contributed by atoms with Gasteiger partial charge in [-0.15, -0.1) is 6.61 Å². The smallest absolute Gasteiger partial charge is 0.00542 e. The van der Waals surface area contributed by atoms with Crippen molar-refractivity contribution < 1.29 is 5.11 Å². The first kappa shape index (κ1) is 7.03. The minimum absolute atomic E-state index is 0.0810. The van der Waals surface area contributed by atoms with E-state index in [1.54, 1.807) is 0 Å². The van der Waals surface area contributed by atoms with E-state index < -0.39 is 0 Å². The molecule has 1 fully saturated rings. The van der Waals surface area contributed by atoms with E-state index in [0.29, 0.717) is 6.04 Å². The van der Waals surface area contributed by atoms with Gasteiger partial charge in [-0.2, -0.15) is 0 Å². The molecule has 2 nitrogen and oxygen atoms in total. The van der Waals surface area contributed by atoms with Gasteiger partial charge < -0.3 is 10.4 Å². The molecule has 1 unspecified atom stereocenters. The van der Waals surface area contributed by atoms with E-state index in [2.05, 4.69) is 5.32 Å². The Hall–Kier alpha value is -0.0800. The number of hydrogen-bond acceptors (Lipinski definition) is 2. The van der Waals surface area contributed by atoms with Crippen LogP contribution in [0.5, 0.6) is 0 Å². The zero-order valence-electron chi connectivity index (χ0n) is 5.73. The molecule has 1 rings (SSSR count).